The van der Waals surface area contributed by atoms with Crippen LogP contribution in [0.25, 0.3) is 0 Å². The minimum absolute atomic E-state index is 0.434. The molecular formula is C13H16BrN3OS. The zero-order chi connectivity index (χ0) is 13.7. The van der Waals surface area contributed by atoms with E-state index in [1.165, 1.54) is 11.5 Å². The van der Waals surface area contributed by atoms with Crippen molar-refractivity contribution in [1.29, 1.82) is 0 Å². The molecule has 6 heteroatoms. The summed E-state index contributed by atoms with van der Waals surface area (Å²) in [6, 6.07) is 5.93. The van der Waals surface area contributed by atoms with Crippen molar-refractivity contribution in [3.8, 4) is 5.75 Å². The summed E-state index contributed by atoms with van der Waals surface area (Å²) < 4.78 is 10.8. The van der Waals surface area contributed by atoms with Gasteiger partial charge in [0.15, 0.2) is 0 Å². The molecule has 0 radical (unpaired) electrons. The first-order chi connectivity index (χ1) is 9.20. The molecule has 0 aliphatic carbocycles. The summed E-state index contributed by atoms with van der Waals surface area (Å²) in [5.74, 6) is 0.843. The molecule has 0 spiro atoms. The number of benzene rings is 1. The third-order valence-electron chi connectivity index (χ3n) is 2.60. The normalized spacial score (nSPS) is 10.5. The van der Waals surface area contributed by atoms with Gasteiger partial charge in [-0.1, -0.05) is 27.3 Å². The van der Waals surface area contributed by atoms with Crippen molar-refractivity contribution in [2.45, 2.75) is 26.9 Å². The molecule has 1 aromatic heterocycles. The Balaban J connectivity index is 1.98. The summed E-state index contributed by atoms with van der Waals surface area (Å²) in [6.07, 6.45) is 1.07. The summed E-state index contributed by atoms with van der Waals surface area (Å²) >= 11 is 4.84. The molecule has 0 unspecified atom stereocenters. The molecule has 4 nitrogen and oxygen atoms in total. The maximum atomic E-state index is 5.75. The van der Waals surface area contributed by atoms with Gasteiger partial charge in [0.25, 0.3) is 0 Å². The molecule has 0 aliphatic rings. The zero-order valence-electron chi connectivity index (χ0n) is 10.9. The van der Waals surface area contributed by atoms with Crippen LogP contribution in [0.15, 0.2) is 22.7 Å². The van der Waals surface area contributed by atoms with Crippen molar-refractivity contribution < 1.29 is 4.74 Å². The fraction of sp³-hybridized carbons (Fsp3) is 0.385. The third-order valence-corrected chi connectivity index (χ3v) is 4.21. The van der Waals surface area contributed by atoms with E-state index in [0.717, 1.165) is 39.4 Å². The lowest BCUT2D eigenvalue weighted by Gasteiger charge is -2.08. The lowest BCUT2D eigenvalue weighted by molar-refractivity contribution is 0.301. The predicted octanol–water partition coefficient (Wildman–Crippen LogP) is 4.01. The number of nitrogens with one attached hydrogen (secondary N) is 1. The fourth-order valence-electron chi connectivity index (χ4n) is 1.53. The highest BCUT2D eigenvalue weighted by Gasteiger charge is 2.08. The van der Waals surface area contributed by atoms with Crippen molar-refractivity contribution in [2.24, 2.45) is 0 Å². The van der Waals surface area contributed by atoms with Gasteiger partial charge < -0.3 is 10.1 Å². The summed E-state index contributed by atoms with van der Waals surface area (Å²) in [5.41, 5.74) is 2.01. The van der Waals surface area contributed by atoms with Gasteiger partial charge in [0.1, 0.15) is 23.1 Å². The molecule has 0 bridgehead atoms. The first-order valence-corrected chi connectivity index (χ1v) is 7.71. The van der Waals surface area contributed by atoms with Crippen molar-refractivity contribution >= 4 is 32.5 Å². The molecule has 0 aliphatic heterocycles. The van der Waals surface area contributed by atoms with Crippen LogP contribution in [-0.4, -0.2) is 16.1 Å². The van der Waals surface area contributed by atoms with E-state index in [1.807, 2.05) is 25.1 Å². The molecule has 0 saturated carbocycles. The maximum absolute atomic E-state index is 5.75. The van der Waals surface area contributed by atoms with Crippen molar-refractivity contribution in [3.05, 3.63) is 33.9 Å². The van der Waals surface area contributed by atoms with Crippen LogP contribution in [0.1, 0.15) is 24.6 Å². The number of rotatable bonds is 6. The van der Waals surface area contributed by atoms with Crippen LogP contribution >= 0.6 is 27.5 Å². The van der Waals surface area contributed by atoms with Crippen LogP contribution in [-0.2, 0) is 6.61 Å². The van der Waals surface area contributed by atoms with E-state index >= 15 is 0 Å². The lowest BCUT2D eigenvalue weighted by atomic mass is 10.2. The molecule has 0 atom stereocenters. The monoisotopic (exact) mass is 341 g/mol. The number of hydrogen-bond donors (Lipinski definition) is 1. The smallest absolute Gasteiger partial charge is 0.136 e. The van der Waals surface area contributed by atoms with Gasteiger partial charge in [-0.25, -0.2) is 0 Å². The van der Waals surface area contributed by atoms with E-state index < -0.39 is 0 Å². The summed E-state index contributed by atoms with van der Waals surface area (Å²) in [6.45, 7) is 5.52. The molecule has 102 valence electrons. The van der Waals surface area contributed by atoms with Crippen molar-refractivity contribution in [2.75, 3.05) is 11.9 Å². The van der Waals surface area contributed by atoms with Gasteiger partial charge in [-0.3, -0.25) is 0 Å². The van der Waals surface area contributed by atoms with Gasteiger partial charge in [0.2, 0.25) is 0 Å². The van der Waals surface area contributed by atoms with Gasteiger partial charge in [-0.2, -0.15) is 0 Å². The van der Waals surface area contributed by atoms with Crippen molar-refractivity contribution in [1.82, 2.24) is 9.59 Å². The standard InChI is InChI=1S/C13H16BrN3OS/c1-3-6-15-13-12(16-17-19-13)8-18-10-4-5-11(14)9(2)7-10/h4-5,7,15H,3,6,8H2,1-2H3. The van der Waals surface area contributed by atoms with Gasteiger partial charge in [-0.15, -0.1) is 5.10 Å². The summed E-state index contributed by atoms with van der Waals surface area (Å²) in [5, 5.41) is 8.40. The van der Waals surface area contributed by atoms with E-state index in [-0.39, 0.29) is 0 Å². The van der Waals surface area contributed by atoms with E-state index in [4.69, 9.17) is 4.74 Å². The molecule has 0 amide bonds. The van der Waals surface area contributed by atoms with Gasteiger partial charge in [-0.05, 0) is 37.1 Å². The highest BCUT2D eigenvalue weighted by molar-refractivity contribution is 9.10. The Bertz CT molecular complexity index is 544. The van der Waals surface area contributed by atoms with Gasteiger partial charge >= 0.3 is 0 Å². The SMILES string of the molecule is CCCNc1snnc1COc1ccc(Br)c(C)c1. The fourth-order valence-corrected chi connectivity index (χ4v) is 2.37. The minimum atomic E-state index is 0.434. The topological polar surface area (TPSA) is 47.0 Å². The largest absolute Gasteiger partial charge is 0.487 e. The zero-order valence-corrected chi connectivity index (χ0v) is 13.3. The highest BCUT2D eigenvalue weighted by atomic mass is 79.9. The van der Waals surface area contributed by atoms with Crippen LogP contribution in [0.3, 0.4) is 0 Å². The Hall–Kier alpha value is -1.14. The first kappa shape index (κ1) is 14.3. The molecular weight excluding hydrogens is 326 g/mol. The molecule has 1 N–H and O–H groups in total. The second kappa shape index (κ2) is 6.86. The van der Waals surface area contributed by atoms with Gasteiger partial charge in [0, 0.05) is 22.5 Å². The average molecular weight is 342 g/mol. The van der Waals surface area contributed by atoms with E-state index in [0.29, 0.717) is 6.61 Å². The number of ether oxygens (including phenoxy) is 1. The van der Waals surface area contributed by atoms with Crippen LogP contribution in [0.2, 0.25) is 0 Å². The summed E-state index contributed by atoms with van der Waals surface area (Å²) in [4.78, 5) is 0. The number of halogens is 1. The molecule has 1 heterocycles. The number of anilines is 1. The Morgan fingerprint density at radius 1 is 1.42 bits per heavy atom. The Morgan fingerprint density at radius 3 is 3.00 bits per heavy atom. The van der Waals surface area contributed by atoms with E-state index in [1.54, 1.807) is 0 Å². The van der Waals surface area contributed by atoms with Gasteiger partial charge in [0.05, 0.1) is 0 Å². The Labute approximate surface area is 125 Å². The molecule has 0 saturated heterocycles. The van der Waals surface area contributed by atoms with E-state index in [2.05, 4.69) is 37.8 Å². The molecule has 2 aromatic rings. The Kier molecular flexibility index (Phi) is 5.15. The maximum Gasteiger partial charge on any atom is 0.136 e. The average Bonchev–Trinajstić information content (AvgIpc) is 2.85. The number of aromatic nitrogens is 2. The van der Waals surface area contributed by atoms with Crippen LogP contribution in [0.5, 0.6) is 5.75 Å². The lowest BCUT2D eigenvalue weighted by Crippen LogP contribution is -2.03. The van der Waals surface area contributed by atoms with Crippen LogP contribution < -0.4 is 10.1 Å². The second-order valence-corrected chi connectivity index (χ2v) is 5.78. The molecule has 0 fully saturated rings. The highest BCUT2D eigenvalue weighted by Crippen LogP contribution is 2.24. The summed E-state index contributed by atoms with van der Waals surface area (Å²) in [7, 11) is 0. The number of hydrogen-bond acceptors (Lipinski definition) is 5. The number of aryl methyl sites for hydroxylation is 1. The van der Waals surface area contributed by atoms with Crippen LogP contribution in [0, 0.1) is 6.92 Å². The van der Waals surface area contributed by atoms with Crippen molar-refractivity contribution in [3.63, 3.8) is 0 Å². The third kappa shape index (κ3) is 3.91. The molecule has 1 aromatic carbocycles. The molecule has 2 rings (SSSR count). The second-order valence-electron chi connectivity index (χ2n) is 4.18. The first-order valence-electron chi connectivity index (χ1n) is 6.14. The minimum Gasteiger partial charge on any atom is -0.487 e. The van der Waals surface area contributed by atoms with E-state index in [9.17, 15) is 0 Å². The predicted molar refractivity (Wildman–Crippen MR) is 81.9 cm³/mol. The number of nitrogens with zero attached hydrogens (tertiary/aromatic N) is 2. The van der Waals surface area contributed by atoms with Crippen LogP contribution in [0.4, 0.5) is 5.00 Å². The quantitative estimate of drug-likeness (QED) is 0.862. The molecule has 19 heavy (non-hydrogen) atoms. The Morgan fingerprint density at radius 2 is 2.26 bits per heavy atom.